The number of alkyl halides is 1. The molecule has 0 radical (unpaired) electrons. The molecule has 0 spiro atoms. The molecule has 1 fully saturated rings. The largest absolute Gasteiger partial charge is 0.340 e. The first-order chi connectivity index (χ1) is 6.82. The van der Waals surface area contributed by atoms with Crippen molar-refractivity contribution in [1.82, 2.24) is 4.90 Å². The van der Waals surface area contributed by atoms with Gasteiger partial charge in [-0.2, -0.15) is 0 Å². The average Bonchev–Trinajstić information content (AvgIpc) is 2.15. The number of halogens is 1. The van der Waals surface area contributed by atoms with Crippen molar-refractivity contribution in [2.45, 2.75) is 46.7 Å². The third-order valence-corrected chi connectivity index (χ3v) is 3.37. The minimum absolute atomic E-state index is 0.302. The molecule has 0 aromatic heterocycles. The quantitative estimate of drug-likeness (QED) is 0.658. The van der Waals surface area contributed by atoms with Gasteiger partial charge in [0, 0.05) is 13.1 Å². The molecule has 88 valence electrons. The van der Waals surface area contributed by atoms with E-state index in [-0.39, 0.29) is 5.91 Å². The molecule has 15 heavy (non-hydrogen) atoms. The summed E-state index contributed by atoms with van der Waals surface area (Å²) in [7, 11) is 0. The maximum atomic E-state index is 12.8. The lowest BCUT2D eigenvalue weighted by atomic mass is 9.75. The number of amides is 1. The van der Waals surface area contributed by atoms with Gasteiger partial charge in [0.05, 0.1) is 0 Å². The summed E-state index contributed by atoms with van der Waals surface area (Å²) in [5.74, 6) is 0.304. The molecule has 1 amide bonds. The van der Waals surface area contributed by atoms with Crippen LogP contribution in [0.3, 0.4) is 0 Å². The Morgan fingerprint density at radius 1 is 1.33 bits per heavy atom. The predicted octanol–water partition coefficient (Wildman–Crippen LogP) is 2.63. The van der Waals surface area contributed by atoms with Gasteiger partial charge in [-0.1, -0.05) is 20.8 Å². The standard InChI is InChI=1S/C12H22FNO/c1-9(13)11(15)14-7-5-10(6-8-14)12(2,3)4/h9-10H,5-8H2,1-4H3. The van der Waals surface area contributed by atoms with Crippen molar-refractivity contribution in [3.8, 4) is 0 Å². The van der Waals surface area contributed by atoms with E-state index in [9.17, 15) is 9.18 Å². The highest BCUT2D eigenvalue weighted by Crippen LogP contribution is 2.34. The Balaban J connectivity index is 2.46. The summed E-state index contributed by atoms with van der Waals surface area (Å²) < 4.78 is 12.8. The molecule has 0 saturated carbocycles. The van der Waals surface area contributed by atoms with Crippen LogP contribution in [0.4, 0.5) is 4.39 Å². The van der Waals surface area contributed by atoms with Crippen molar-refractivity contribution in [2.24, 2.45) is 11.3 Å². The molecule has 1 aliphatic rings. The number of carbonyl (C=O) groups excluding carboxylic acids is 1. The number of nitrogens with zero attached hydrogens (tertiary/aromatic N) is 1. The zero-order chi connectivity index (χ0) is 11.6. The first kappa shape index (κ1) is 12.5. The van der Waals surface area contributed by atoms with E-state index in [4.69, 9.17) is 0 Å². The normalized spacial score (nSPS) is 21.5. The Labute approximate surface area is 91.8 Å². The number of carbonyl (C=O) groups is 1. The molecule has 0 aromatic carbocycles. The topological polar surface area (TPSA) is 20.3 Å². The van der Waals surface area contributed by atoms with Crippen LogP contribution in [0, 0.1) is 11.3 Å². The van der Waals surface area contributed by atoms with E-state index in [1.807, 2.05) is 0 Å². The monoisotopic (exact) mass is 215 g/mol. The third kappa shape index (κ3) is 3.18. The van der Waals surface area contributed by atoms with Crippen LogP contribution in [0.1, 0.15) is 40.5 Å². The van der Waals surface area contributed by atoms with E-state index in [0.717, 1.165) is 25.9 Å². The van der Waals surface area contributed by atoms with Gasteiger partial charge in [-0.25, -0.2) is 4.39 Å². The van der Waals surface area contributed by atoms with Gasteiger partial charge in [-0.3, -0.25) is 4.79 Å². The molecule has 0 aliphatic carbocycles. The summed E-state index contributed by atoms with van der Waals surface area (Å²) in [4.78, 5) is 13.1. The van der Waals surface area contributed by atoms with Crippen molar-refractivity contribution in [3.05, 3.63) is 0 Å². The fourth-order valence-corrected chi connectivity index (χ4v) is 2.22. The van der Waals surface area contributed by atoms with Gasteiger partial charge in [0.2, 0.25) is 0 Å². The van der Waals surface area contributed by atoms with Gasteiger partial charge in [-0.15, -0.1) is 0 Å². The van der Waals surface area contributed by atoms with Crippen LogP contribution in [0.5, 0.6) is 0 Å². The maximum absolute atomic E-state index is 12.8. The van der Waals surface area contributed by atoms with Crippen LogP contribution in [0.15, 0.2) is 0 Å². The van der Waals surface area contributed by atoms with Crippen LogP contribution in [-0.2, 0) is 4.79 Å². The van der Waals surface area contributed by atoms with Crippen molar-refractivity contribution in [1.29, 1.82) is 0 Å². The molecule has 3 heteroatoms. The van der Waals surface area contributed by atoms with Crippen molar-refractivity contribution < 1.29 is 9.18 Å². The Morgan fingerprint density at radius 3 is 2.13 bits per heavy atom. The predicted molar refractivity (Wildman–Crippen MR) is 59.3 cm³/mol. The number of piperidine rings is 1. The lowest BCUT2D eigenvalue weighted by Gasteiger charge is -2.38. The minimum atomic E-state index is -1.35. The second kappa shape index (κ2) is 4.50. The summed E-state index contributed by atoms with van der Waals surface area (Å²) in [5, 5.41) is 0. The van der Waals surface area contributed by atoms with Crippen LogP contribution < -0.4 is 0 Å². The van der Waals surface area contributed by atoms with E-state index >= 15 is 0 Å². The summed E-state index contributed by atoms with van der Waals surface area (Å²) in [5.41, 5.74) is 0.302. The molecule has 1 rings (SSSR count). The SMILES string of the molecule is CC(F)C(=O)N1CCC(C(C)(C)C)CC1. The first-order valence-corrected chi connectivity index (χ1v) is 5.75. The van der Waals surface area contributed by atoms with Crippen molar-refractivity contribution >= 4 is 5.91 Å². The Bertz CT molecular complexity index is 224. The minimum Gasteiger partial charge on any atom is -0.340 e. The zero-order valence-corrected chi connectivity index (χ0v) is 10.2. The summed E-state index contributed by atoms with van der Waals surface area (Å²) in [6.07, 6.45) is 0.653. The number of hydrogen-bond acceptors (Lipinski definition) is 1. The summed E-state index contributed by atoms with van der Waals surface area (Å²) in [6, 6.07) is 0. The lowest BCUT2D eigenvalue weighted by Crippen LogP contribution is -2.44. The van der Waals surface area contributed by atoms with E-state index in [0.29, 0.717) is 11.3 Å². The van der Waals surface area contributed by atoms with Gasteiger partial charge in [0.1, 0.15) is 0 Å². The van der Waals surface area contributed by atoms with Gasteiger partial charge < -0.3 is 4.90 Å². The second-order valence-corrected chi connectivity index (χ2v) is 5.58. The van der Waals surface area contributed by atoms with E-state index in [1.165, 1.54) is 6.92 Å². The Hall–Kier alpha value is -0.600. The molecule has 0 N–H and O–H groups in total. The molecule has 1 heterocycles. The third-order valence-electron chi connectivity index (χ3n) is 3.37. The van der Waals surface area contributed by atoms with Crippen molar-refractivity contribution in [2.75, 3.05) is 13.1 Å². The molecule has 1 atom stereocenters. The Kier molecular flexibility index (Phi) is 3.74. The van der Waals surface area contributed by atoms with E-state index in [1.54, 1.807) is 4.90 Å². The smallest absolute Gasteiger partial charge is 0.256 e. The first-order valence-electron chi connectivity index (χ1n) is 5.75. The average molecular weight is 215 g/mol. The highest BCUT2D eigenvalue weighted by atomic mass is 19.1. The van der Waals surface area contributed by atoms with Crippen LogP contribution in [0.2, 0.25) is 0 Å². The number of rotatable bonds is 1. The highest BCUT2D eigenvalue weighted by molar-refractivity contribution is 5.80. The summed E-state index contributed by atoms with van der Waals surface area (Å²) in [6.45, 7) is 9.44. The summed E-state index contributed by atoms with van der Waals surface area (Å²) >= 11 is 0. The van der Waals surface area contributed by atoms with Gasteiger partial charge in [0.15, 0.2) is 6.17 Å². The van der Waals surface area contributed by atoms with Gasteiger partial charge in [0.25, 0.3) is 5.91 Å². The Morgan fingerprint density at radius 2 is 1.80 bits per heavy atom. The zero-order valence-electron chi connectivity index (χ0n) is 10.2. The second-order valence-electron chi connectivity index (χ2n) is 5.58. The number of likely N-dealkylation sites (tertiary alicyclic amines) is 1. The molecule has 1 unspecified atom stereocenters. The molecule has 1 aliphatic heterocycles. The molecular weight excluding hydrogens is 193 g/mol. The maximum Gasteiger partial charge on any atom is 0.256 e. The lowest BCUT2D eigenvalue weighted by molar-refractivity contribution is -0.137. The molecular formula is C12H22FNO. The molecule has 0 aromatic rings. The fraction of sp³-hybridized carbons (Fsp3) is 0.917. The van der Waals surface area contributed by atoms with E-state index in [2.05, 4.69) is 20.8 Å². The molecule has 2 nitrogen and oxygen atoms in total. The van der Waals surface area contributed by atoms with Crippen LogP contribution >= 0.6 is 0 Å². The van der Waals surface area contributed by atoms with E-state index < -0.39 is 6.17 Å². The van der Waals surface area contributed by atoms with Gasteiger partial charge in [-0.05, 0) is 31.1 Å². The van der Waals surface area contributed by atoms with Crippen LogP contribution in [0.25, 0.3) is 0 Å². The molecule has 0 bridgehead atoms. The molecule has 1 saturated heterocycles. The number of hydrogen-bond donors (Lipinski definition) is 0. The van der Waals surface area contributed by atoms with Gasteiger partial charge >= 0.3 is 0 Å². The highest BCUT2D eigenvalue weighted by Gasteiger charge is 2.31. The van der Waals surface area contributed by atoms with Crippen LogP contribution in [-0.4, -0.2) is 30.1 Å². The fourth-order valence-electron chi connectivity index (χ4n) is 2.22. The van der Waals surface area contributed by atoms with Crippen molar-refractivity contribution in [3.63, 3.8) is 0 Å².